The maximum atomic E-state index is 12.2. The molecule has 0 heterocycles. The Labute approximate surface area is 79.9 Å². The summed E-state index contributed by atoms with van der Waals surface area (Å²) in [5, 5.41) is 2.05. The zero-order valence-corrected chi connectivity index (χ0v) is 7.94. The maximum absolute atomic E-state index is 12.2. The molecular formula is C8H12F3NO2. The Bertz CT molecular complexity index is 223. The summed E-state index contributed by atoms with van der Waals surface area (Å²) in [6, 6.07) is 0. The summed E-state index contributed by atoms with van der Waals surface area (Å²) >= 11 is 0. The largest absolute Gasteiger partial charge is 0.463 e. The number of alkyl halides is 3. The number of rotatable bonds is 4. The van der Waals surface area contributed by atoms with Crippen molar-refractivity contribution in [3.63, 3.8) is 0 Å². The van der Waals surface area contributed by atoms with Gasteiger partial charge in [-0.2, -0.15) is 13.2 Å². The van der Waals surface area contributed by atoms with E-state index in [1.165, 1.54) is 13.8 Å². The van der Waals surface area contributed by atoms with Crippen molar-refractivity contribution in [1.82, 2.24) is 5.32 Å². The van der Waals surface area contributed by atoms with Crippen LogP contribution in [0.2, 0.25) is 0 Å². The van der Waals surface area contributed by atoms with E-state index in [1.807, 2.05) is 5.32 Å². The molecule has 0 aromatic heterocycles. The maximum Gasteiger partial charge on any atom is 0.431 e. The highest BCUT2D eigenvalue weighted by atomic mass is 19.4. The van der Waals surface area contributed by atoms with Crippen molar-refractivity contribution in [3.8, 4) is 0 Å². The number of halogens is 3. The second-order valence-corrected chi connectivity index (χ2v) is 2.34. The van der Waals surface area contributed by atoms with Gasteiger partial charge in [0.25, 0.3) is 0 Å². The zero-order valence-electron chi connectivity index (χ0n) is 7.94. The van der Waals surface area contributed by atoms with Gasteiger partial charge in [-0.1, -0.05) is 0 Å². The van der Waals surface area contributed by atoms with Crippen LogP contribution in [0.3, 0.4) is 0 Å². The standard InChI is InChI=1S/C8H12F3NO2/c1-3-12-6(8(9,10)11)5-7(13)14-4-2/h5,12H,3-4H2,1-2H3/b6-5-. The van der Waals surface area contributed by atoms with E-state index in [9.17, 15) is 18.0 Å². The average Bonchev–Trinajstić information content (AvgIpc) is 2.02. The summed E-state index contributed by atoms with van der Waals surface area (Å²) in [6.07, 6.45) is -4.14. The van der Waals surface area contributed by atoms with Crippen molar-refractivity contribution in [1.29, 1.82) is 0 Å². The van der Waals surface area contributed by atoms with E-state index < -0.39 is 17.8 Å². The van der Waals surface area contributed by atoms with Crippen LogP contribution < -0.4 is 5.32 Å². The fourth-order valence-corrected chi connectivity index (χ4v) is 0.725. The van der Waals surface area contributed by atoms with E-state index in [0.29, 0.717) is 6.08 Å². The molecule has 0 saturated carbocycles. The quantitative estimate of drug-likeness (QED) is 0.567. The van der Waals surface area contributed by atoms with E-state index in [-0.39, 0.29) is 13.2 Å². The summed E-state index contributed by atoms with van der Waals surface area (Å²) < 4.78 is 40.9. The number of carbonyl (C=O) groups is 1. The van der Waals surface area contributed by atoms with E-state index in [2.05, 4.69) is 4.74 Å². The first-order valence-electron chi connectivity index (χ1n) is 4.11. The number of carbonyl (C=O) groups excluding carboxylic acids is 1. The molecule has 6 heteroatoms. The molecule has 0 atom stereocenters. The fourth-order valence-electron chi connectivity index (χ4n) is 0.725. The smallest absolute Gasteiger partial charge is 0.431 e. The van der Waals surface area contributed by atoms with Gasteiger partial charge >= 0.3 is 12.1 Å². The van der Waals surface area contributed by atoms with Crippen LogP contribution in [0.15, 0.2) is 11.8 Å². The van der Waals surface area contributed by atoms with Crippen LogP contribution in [0.5, 0.6) is 0 Å². The van der Waals surface area contributed by atoms with Crippen molar-refractivity contribution in [2.45, 2.75) is 20.0 Å². The predicted octanol–water partition coefficient (Wildman–Crippen LogP) is 1.61. The number of esters is 1. The SMILES string of the molecule is CCN/C(=C\C(=O)OCC)C(F)(F)F. The molecule has 0 radical (unpaired) electrons. The lowest BCUT2D eigenvalue weighted by Gasteiger charge is -2.12. The molecule has 0 rings (SSSR count). The second kappa shape index (κ2) is 5.51. The van der Waals surface area contributed by atoms with Crippen LogP contribution in [0.4, 0.5) is 13.2 Å². The van der Waals surface area contributed by atoms with Gasteiger partial charge in [0.2, 0.25) is 0 Å². The van der Waals surface area contributed by atoms with Crippen molar-refractivity contribution in [2.75, 3.05) is 13.2 Å². The molecular weight excluding hydrogens is 199 g/mol. The summed E-state index contributed by atoms with van der Waals surface area (Å²) in [6.45, 7) is 3.16. The third kappa shape index (κ3) is 4.74. The Balaban J connectivity index is 4.56. The lowest BCUT2D eigenvalue weighted by molar-refractivity contribution is -0.138. The van der Waals surface area contributed by atoms with Gasteiger partial charge in [0.1, 0.15) is 5.70 Å². The molecule has 0 unspecified atom stereocenters. The first-order valence-corrected chi connectivity index (χ1v) is 4.11. The monoisotopic (exact) mass is 211 g/mol. The van der Waals surface area contributed by atoms with Gasteiger partial charge in [-0.15, -0.1) is 0 Å². The molecule has 0 aliphatic carbocycles. The Morgan fingerprint density at radius 3 is 2.36 bits per heavy atom. The minimum Gasteiger partial charge on any atom is -0.463 e. The molecule has 0 saturated heterocycles. The molecule has 0 fully saturated rings. The molecule has 14 heavy (non-hydrogen) atoms. The topological polar surface area (TPSA) is 38.3 Å². The fraction of sp³-hybridized carbons (Fsp3) is 0.625. The van der Waals surface area contributed by atoms with Crippen LogP contribution in [-0.2, 0) is 9.53 Å². The number of allylic oxidation sites excluding steroid dienone is 1. The van der Waals surface area contributed by atoms with Crippen molar-refractivity contribution in [3.05, 3.63) is 11.8 Å². The predicted molar refractivity (Wildman–Crippen MR) is 44.4 cm³/mol. The van der Waals surface area contributed by atoms with E-state index in [4.69, 9.17) is 0 Å². The molecule has 0 aromatic rings. The summed E-state index contributed by atoms with van der Waals surface area (Å²) in [5.74, 6) is -0.999. The molecule has 0 aliphatic heterocycles. The number of ether oxygens (including phenoxy) is 1. The molecule has 0 bridgehead atoms. The molecule has 0 aromatic carbocycles. The van der Waals surface area contributed by atoms with Crippen LogP contribution in [-0.4, -0.2) is 25.3 Å². The summed E-state index contributed by atoms with van der Waals surface area (Å²) in [5.41, 5.74) is -1.08. The molecule has 3 nitrogen and oxygen atoms in total. The molecule has 0 spiro atoms. The van der Waals surface area contributed by atoms with E-state index >= 15 is 0 Å². The van der Waals surface area contributed by atoms with Gasteiger partial charge in [-0.25, -0.2) is 4.79 Å². The van der Waals surface area contributed by atoms with Crippen LogP contribution >= 0.6 is 0 Å². The molecule has 0 aliphatic rings. The Morgan fingerprint density at radius 1 is 1.43 bits per heavy atom. The van der Waals surface area contributed by atoms with E-state index in [0.717, 1.165) is 0 Å². The Hall–Kier alpha value is -1.20. The Kier molecular flexibility index (Phi) is 5.04. The van der Waals surface area contributed by atoms with Gasteiger partial charge in [-0.3, -0.25) is 0 Å². The molecule has 82 valence electrons. The number of hydrogen-bond donors (Lipinski definition) is 1. The van der Waals surface area contributed by atoms with Gasteiger partial charge in [-0.05, 0) is 13.8 Å². The molecule has 0 amide bonds. The minimum absolute atomic E-state index is 0.0482. The van der Waals surface area contributed by atoms with Crippen molar-refractivity contribution >= 4 is 5.97 Å². The first-order chi connectivity index (χ1) is 6.41. The number of nitrogens with one attached hydrogen (secondary N) is 1. The van der Waals surface area contributed by atoms with Gasteiger partial charge in [0.05, 0.1) is 12.7 Å². The van der Waals surface area contributed by atoms with Crippen LogP contribution in [0.25, 0.3) is 0 Å². The highest BCUT2D eigenvalue weighted by molar-refractivity contribution is 5.82. The van der Waals surface area contributed by atoms with Gasteiger partial charge in [0, 0.05) is 6.54 Å². The number of hydrogen-bond acceptors (Lipinski definition) is 3. The van der Waals surface area contributed by atoms with Crippen LogP contribution in [0, 0.1) is 0 Å². The highest BCUT2D eigenvalue weighted by Gasteiger charge is 2.34. The molecule has 1 N–H and O–H groups in total. The second-order valence-electron chi connectivity index (χ2n) is 2.34. The van der Waals surface area contributed by atoms with Crippen molar-refractivity contribution < 1.29 is 22.7 Å². The average molecular weight is 211 g/mol. The minimum atomic E-state index is -4.55. The lowest BCUT2D eigenvalue weighted by Crippen LogP contribution is -2.27. The zero-order chi connectivity index (χ0) is 11.2. The van der Waals surface area contributed by atoms with E-state index in [1.54, 1.807) is 0 Å². The summed E-state index contributed by atoms with van der Waals surface area (Å²) in [4.78, 5) is 10.7. The summed E-state index contributed by atoms with van der Waals surface area (Å²) in [7, 11) is 0. The van der Waals surface area contributed by atoms with Gasteiger partial charge in [0.15, 0.2) is 0 Å². The first kappa shape index (κ1) is 12.8. The highest BCUT2D eigenvalue weighted by Crippen LogP contribution is 2.23. The van der Waals surface area contributed by atoms with Crippen LogP contribution in [0.1, 0.15) is 13.8 Å². The van der Waals surface area contributed by atoms with Crippen molar-refractivity contribution in [2.24, 2.45) is 0 Å². The third-order valence-corrected chi connectivity index (χ3v) is 1.22. The third-order valence-electron chi connectivity index (χ3n) is 1.22. The lowest BCUT2D eigenvalue weighted by atomic mass is 10.3. The Morgan fingerprint density at radius 2 is 2.00 bits per heavy atom. The van der Waals surface area contributed by atoms with Gasteiger partial charge < -0.3 is 10.1 Å². The normalized spacial score (nSPS) is 12.5.